The summed E-state index contributed by atoms with van der Waals surface area (Å²) in [4.78, 5) is 18.1. The Morgan fingerprint density at radius 2 is 2.08 bits per heavy atom. The first-order valence-electron chi connectivity index (χ1n) is 7.89. The summed E-state index contributed by atoms with van der Waals surface area (Å²) < 4.78 is 0. The molecule has 0 bridgehead atoms. The Kier molecular flexibility index (Phi) is 6.97. The van der Waals surface area contributed by atoms with E-state index in [9.17, 15) is 9.90 Å². The molecule has 1 atom stereocenters. The summed E-state index contributed by atoms with van der Waals surface area (Å²) in [6.07, 6.45) is 4.85. The molecule has 126 valence electrons. The molecule has 5 heteroatoms. The average Bonchev–Trinajstić information content (AvgIpc) is 2.60. The van der Waals surface area contributed by atoms with Gasteiger partial charge >= 0.3 is 0 Å². The summed E-state index contributed by atoms with van der Waals surface area (Å²) in [6.45, 7) is 2.65. The molecule has 1 N–H and O–H groups in total. The smallest absolute Gasteiger partial charge is 0.246 e. The highest BCUT2D eigenvalue weighted by atomic mass is 35.5. The standard InChI is InChI=1S/C19H21ClN2O2/c1-2-17(23)14-22(13-16-6-4-3-5-7-16)19(24)9-8-15-10-11-21-18(20)12-15/h3-12,17,23H,2,13-14H2,1H3/b9-8+. The van der Waals surface area contributed by atoms with E-state index in [0.29, 0.717) is 24.7 Å². The van der Waals surface area contributed by atoms with Crippen molar-refractivity contribution >= 4 is 23.6 Å². The number of aromatic nitrogens is 1. The van der Waals surface area contributed by atoms with E-state index in [4.69, 9.17) is 11.6 Å². The number of nitrogens with zero attached hydrogens (tertiary/aromatic N) is 2. The molecule has 1 unspecified atom stereocenters. The van der Waals surface area contributed by atoms with Crippen molar-refractivity contribution in [3.8, 4) is 0 Å². The van der Waals surface area contributed by atoms with Gasteiger partial charge in [-0.05, 0) is 35.8 Å². The van der Waals surface area contributed by atoms with E-state index < -0.39 is 6.10 Å². The second-order valence-electron chi connectivity index (χ2n) is 5.51. The number of pyridine rings is 1. The number of rotatable bonds is 7. The van der Waals surface area contributed by atoms with Crippen molar-refractivity contribution < 1.29 is 9.90 Å². The fraction of sp³-hybridized carbons (Fsp3) is 0.263. The third-order valence-corrected chi connectivity index (χ3v) is 3.81. The first kappa shape index (κ1) is 18.2. The Morgan fingerprint density at radius 3 is 2.75 bits per heavy atom. The van der Waals surface area contributed by atoms with E-state index in [2.05, 4.69) is 4.98 Å². The van der Waals surface area contributed by atoms with Crippen molar-refractivity contribution in [3.05, 3.63) is 71.0 Å². The minimum absolute atomic E-state index is 0.153. The van der Waals surface area contributed by atoms with E-state index in [-0.39, 0.29) is 5.91 Å². The number of aliphatic hydroxyl groups excluding tert-OH is 1. The molecule has 1 amide bonds. The van der Waals surface area contributed by atoms with Crippen LogP contribution in [-0.2, 0) is 11.3 Å². The third kappa shape index (κ3) is 5.80. The number of benzene rings is 1. The van der Waals surface area contributed by atoms with Gasteiger partial charge in [-0.25, -0.2) is 4.98 Å². The van der Waals surface area contributed by atoms with Crippen molar-refractivity contribution in [3.63, 3.8) is 0 Å². The van der Waals surface area contributed by atoms with Gasteiger partial charge in [0.15, 0.2) is 0 Å². The van der Waals surface area contributed by atoms with Gasteiger partial charge in [0.25, 0.3) is 0 Å². The van der Waals surface area contributed by atoms with Crippen LogP contribution in [0.3, 0.4) is 0 Å². The zero-order valence-electron chi connectivity index (χ0n) is 13.6. The summed E-state index contributed by atoms with van der Waals surface area (Å²) in [6, 6.07) is 13.2. The second-order valence-corrected chi connectivity index (χ2v) is 5.90. The highest BCUT2D eigenvalue weighted by Gasteiger charge is 2.15. The lowest BCUT2D eigenvalue weighted by Gasteiger charge is -2.24. The lowest BCUT2D eigenvalue weighted by atomic mass is 10.2. The Hall–Kier alpha value is -2.17. The predicted octanol–water partition coefficient (Wildman–Crippen LogP) is 3.55. The largest absolute Gasteiger partial charge is 0.391 e. The Labute approximate surface area is 147 Å². The second kappa shape index (κ2) is 9.21. The SMILES string of the molecule is CCC(O)CN(Cc1ccccc1)C(=O)/C=C/c1ccnc(Cl)c1. The molecule has 0 spiro atoms. The van der Waals surface area contributed by atoms with E-state index in [1.165, 1.54) is 6.08 Å². The van der Waals surface area contributed by atoms with Gasteiger partial charge in [0.2, 0.25) is 5.91 Å². The number of hydrogen-bond donors (Lipinski definition) is 1. The van der Waals surface area contributed by atoms with Crippen LogP contribution in [0.2, 0.25) is 5.15 Å². The van der Waals surface area contributed by atoms with Gasteiger partial charge in [0.05, 0.1) is 6.10 Å². The summed E-state index contributed by atoms with van der Waals surface area (Å²) in [5.41, 5.74) is 1.83. The van der Waals surface area contributed by atoms with Crippen LogP contribution >= 0.6 is 11.6 Å². The maximum atomic E-state index is 12.5. The van der Waals surface area contributed by atoms with Gasteiger partial charge in [-0.15, -0.1) is 0 Å². The van der Waals surface area contributed by atoms with Crippen LogP contribution in [0.15, 0.2) is 54.7 Å². The lowest BCUT2D eigenvalue weighted by Crippen LogP contribution is -2.35. The molecule has 4 nitrogen and oxygen atoms in total. The normalized spacial score (nSPS) is 12.3. The first-order valence-corrected chi connectivity index (χ1v) is 8.27. The summed E-state index contributed by atoms with van der Waals surface area (Å²) in [5, 5.41) is 10.3. The molecule has 0 aliphatic rings. The van der Waals surface area contributed by atoms with Crippen LogP contribution in [0.4, 0.5) is 0 Å². The van der Waals surface area contributed by atoms with E-state index in [0.717, 1.165) is 11.1 Å². The maximum absolute atomic E-state index is 12.5. The fourth-order valence-corrected chi connectivity index (χ4v) is 2.40. The molecule has 1 aromatic heterocycles. The fourth-order valence-electron chi connectivity index (χ4n) is 2.21. The Bertz CT molecular complexity index is 689. The van der Waals surface area contributed by atoms with Crippen molar-refractivity contribution in [2.75, 3.05) is 6.54 Å². The van der Waals surface area contributed by atoms with Crippen LogP contribution in [0.1, 0.15) is 24.5 Å². The quantitative estimate of drug-likeness (QED) is 0.617. The van der Waals surface area contributed by atoms with Crippen LogP contribution < -0.4 is 0 Å². The first-order chi connectivity index (χ1) is 11.6. The molecule has 2 aromatic rings. The molecular formula is C19H21ClN2O2. The summed E-state index contributed by atoms with van der Waals surface area (Å²) in [5.74, 6) is -0.153. The van der Waals surface area contributed by atoms with Crippen LogP contribution in [0.25, 0.3) is 6.08 Å². The molecule has 1 aromatic carbocycles. The van der Waals surface area contributed by atoms with E-state index >= 15 is 0 Å². The summed E-state index contributed by atoms with van der Waals surface area (Å²) in [7, 11) is 0. The molecule has 0 saturated heterocycles. The monoisotopic (exact) mass is 344 g/mol. The zero-order chi connectivity index (χ0) is 17.4. The molecule has 24 heavy (non-hydrogen) atoms. The van der Waals surface area contributed by atoms with Crippen molar-refractivity contribution in [2.45, 2.75) is 26.0 Å². The van der Waals surface area contributed by atoms with Gasteiger partial charge in [-0.2, -0.15) is 0 Å². The van der Waals surface area contributed by atoms with E-state index in [1.54, 1.807) is 29.3 Å². The molecule has 0 aliphatic carbocycles. The zero-order valence-corrected chi connectivity index (χ0v) is 14.4. The van der Waals surface area contributed by atoms with Gasteiger partial charge < -0.3 is 10.0 Å². The van der Waals surface area contributed by atoms with Gasteiger partial charge in [-0.1, -0.05) is 48.9 Å². The number of carbonyl (C=O) groups is 1. The molecule has 0 fully saturated rings. The van der Waals surface area contributed by atoms with Crippen LogP contribution in [0.5, 0.6) is 0 Å². The maximum Gasteiger partial charge on any atom is 0.246 e. The van der Waals surface area contributed by atoms with Crippen LogP contribution in [0, 0.1) is 0 Å². The predicted molar refractivity (Wildman–Crippen MR) is 96.4 cm³/mol. The molecule has 1 heterocycles. The topological polar surface area (TPSA) is 53.4 Å². The van der Waals surface area contributed by atoms with Gasteiger partial charge in [0.1, 0.15) is 5.15 Å². The minimum Gasteiger partial charge on any atom is -0.391 e. The molecule has 2 rings (SSSR count). The van der Waals surface area contributed by atoms with Crippen molar-refractivity contribution in [1.29, 1.82) is 0 Å². The average molecular weight is 345 g/mol. The van der Waals surface area contributed by atoms with E-state index in [1.807, 2.05) is 37.3 Å². The number of aliphatic hydroxyl groups is 1. The Morgan fingerprint density at radius 1 is 1.33 bits per heavy atom. The Balaban J connectivity index is 2.11. The van der Waals surface area contributed by atoms with Crippen LogP contribution in [-0.4, -0.2) is 33.5 Å². The van der Waals surface area contributed by atoms with Gasteiger partial charge in [-0.3, -0.25) is 4.79 Å². The van der Waals surface area contributed by atoms with Crippen molar-refractivity contribution in [1.82, 2.24) is 9.88 Å². The van der Waals surface area contributed by atoms with Crippen molar-refractivity contribution in [2.24, 2.45) is 0 Å². The molecule has 0 aliphatic heterocycles. The third-order valence-electron chi connectivity index (χ3n) is 3.60. The number of carbonyl (C=O) groups excluding carboxylic acids is 1. The highest BCUT2D eigenvalue weighted by molar-refractivity contribution is 6.29. The lowest BCUT2D eigenvalue weighted by molar-refractivity contribution is -0.128. The minimum atomic E-state index is -0.540. The highest BCUT2D eigenvalue weighted by Crippen LogP contribution is 2.11. The number of amides is 1. The van der Waals surface area contributed by atoms with Gasteiger partial charge in [0, 0.05) is 25.4 Å². The molecule has 0 saturated carbocycles. The summed E-state index contributed by atoms with van der Waals surface area (Å²) >= 11 is 5.84. The number of hydrogen-bond acceptors (Lipinski definition) is 3. The number of halogens is 1. The molecule has 0 radical (unpaired) electrons. The molecular weight excluding hydrogens is 324 g/mol.